The fourth-order valence-corrected chi connectivity index (χ4v) is 5.23. The van der Waals surface area contributed by atoms with E-state index in [0.717, 1.165) is 0 Å². The summed E-state index contributed by atoms with van der Waals surface area (Å²) in [6.07, 6.45) is 0. The molecule has 1 heterocycles. The Morgan fingerprint density at radius 3 is 1.90 bits per heavy atom. The number of nitro groups is 2. The second-order valence-corrected chi connectivity index (χ2v) is 9.04. The Morgan fingerprint density at radius 1 is 0.732 bits per heavy atom. The standard InChI is InChI=1S/C29H18N4O8/c1-40-27-19-9-5-6-10-20(19)28(41-2)24(33(38)39)23(27)31-22-17-7-3-4-8-18(17)25(34)26(35)21(22)30-29(31)15-11-13-16(14-12-15)32(36)37/h3-14H,1-2H3. The smallest absolute Gasteiger partial charge is 0.339 e. The predicted molar refractivity (Wildman–Crippen MR) is 147 cm³/mol. The Morgan fingerprint density at radius 2 is 1.32 bits per heavy atom. The number of benzene rings is 4. The van der Waals surface area contributed by atoms with Crippen molar-refractivity contribution in [3.05, 3.63) is 104 Å². The van der Waals surface area contributed by atoms with Gasteiger partial charge in [0.2, 0.25) is 11.5 Å². The quantitative estimate of drug-likeness (QED) is 0.150. The van der Waals surface area contributed by atoms with E-state index in [0.29, 0.717) is 21.9 Å². The number of rotatable bonds is 6. The van der Waals surface area contributed by atoms with Crippen molar-refractivity contribution in [3.8, 4) is 39.8 Å². The molecule has 0 N–H and O–H groups in total. The first kappa shape index (κ1) is 25.4. The minimum atomic E-state index is -0.894. The molecule has 0 spiro atoms. The monoisotopic (exact) mass is 550 g/mol. The fraction of sp³-hybridized carbons (Fsp3) is 0.0690. The van der Waals surface area contributed by atoms with Crippen molar-refractivity contribution < 1.29 is 28.9 Å². The average Bonchev–Trinajstić information content (AvgIpc) is 3.39. The Labute approximate surface area is 230 Å². The molecule has 5 aromatic rings. The van der Waals surface area contributed by atoms with Crippen LogP contribution >= 0.6 is 0 Å². The summed E-state index contributed by atoms with van der Waals surface area (Å²) < 4.78 is 12.8. The van der Waals surface area contributed by atoms with Crippen LogP contribution in [0, 0.1) is 20.2 Å². The molecule has 0 saturated carbocycles. The highest BCUT2D eigenvalue weighted by Crippen LogP contribution is 2.51. The Balaban J connectivity index is 1.84. The molecule has 0 unspecified atom stereocenters. The van der Waals surface area contributed by atoms with Gasteiger partial charge in [-0.1, -0.05) is 48.5 Å². The van der Waals surface area contributed by atoms with E-state index in [1.807, 2.05) is 0 Å². The lowest BCUT2D eigenvalue weighted by atomic mass is 9.90. The maximum atomic E-state index is 13.4. The maximum Gasteiger partial charge on any atom is 0.339 e. The Kier molecular flexibility index (Phi) is 5.80. The third kappa shape index (κ3) is 3.65. The van der Waals surface area contributed by atoms with Crippen LogP contribution in [-0.4, -0.2) is 45.2 Å². The SMILES string of the molecule is COc1c(-n2c(-c3ccc([N+](=O)[O-])cc3)nc3c2-c2ccccc2C(=O)C3=O)c([N+](=O)[O-])c(OC)c2ccccc12. The molecular formula is C29H18N4O8. The van der Waals surface area contributed by atoms with Crippen molar-refractivity contribution in [2.45, 2.75) is 0 Å². The van der Waals surface area contributed by atoms with E-state index in [-0.39, 0.29) is 45.6 Å². The number of fused-ring (bicyclic) bond motifs is 4. The number of aromatic nitrogens is 2. The summed E-state index contributed by atoms with van der Waals surface area (Å²) in [5.74, 6) is -1.59. The lowest BCUT2D eigenvalue weighted by Gasteiger charge is -2.21. The zero-order valence-corrected chi connectivity index (χ0v) is 21.5. The van der Waals surface area contributed by atoms with Gasteiger partial charge >= 0.3 is 5.69 Å². The highest BCUT2D eigenvalue weighted by molar-refractivity contribution is 6.52. The van der Waals surface area contributed by atoms with Gasteiger partial charge in [0.1, 0.15) is 11.5 Å². The van der Waals surface area contributed by atoms with Crippen LogP contribution in [0.5, 0.6) is 11.5 Å². The second kappa shape index (κ2) is 9.38. The van der Waals surface area contributed by atoms with Crippen molar-refractivity contribution in [2.24, 2.45) is 0 Å². The number of imidazole rings is 1. The Hall–Kier alpha value is -5.91. The zero-order chi connectivity index (χ0) is 29.0. The van der Waals surface area contributed by atoms with E-state index in [9.17, 15) is 29.8 Å². The molecule has 0 fully saturated rings. The summed E-state index contributed by atoms with van der Waals surface area (Å²) in [4.78, 5) is 53.8. The molecule has 0 amide bonds. The van der Waals surface area contributed by atoms with Crippen molar-refractivity contribution in [3.63, 3.8) is 0 Å². The number of ketones is 2. The van der Waals surface area contributed by atoms with Gasteiger partial charge in [-0.3, -0.25) is 34.4 Å². The van der Waals surface area contributed by atoms with E-state index in [4.69, 9.17) is 9.47 Å². The molecule has 0 bridgehead atoms. The number of ether oxygens (including phenoxy) is 2. The molecule has 6 rings (SSSR count). The number of carbonyl (C=O) groups excluding carboxylic acids is 2. The van der Waals surface area contributed by atoms with Crippen LogP contribution in [0.3, 0.4) is 0 Å². The molecule has 12 heteroatoms. The van der Waals surface area contributed by atoms with Crippen LogP contribution in [-0.2, 0) is 0 Å². The lowest BCUT2D eigenvalue weighted by molar-refractivity contribution is -0.385. The third-order valence-electron chi connectivity index (χ3n) is 6.95. The summed E-state index contributed by atoms with van der Waals surface area (Å²) in [6, 6.07) is 18.5. The van der Waals surface area contributed by atoms with Gasteiger partial charge in [-0.2, -0.15) is 0 Å². The highest BCUT2D eigenvalue weighted by atomic mass is 16.6. The van der Waals surface area contributed by atoms with E-state index >= 15 is 0 Å². The average molecular weight is 550 g/mol. The zero-order valence-electron chi connectivity index (χ0n) is 21.5. The maximum absolute atomic E-state index is 13.4. The lowest BCUT2D eigenvalue weighted by Crippen LogP contribution is -2.22. The number of non-ortho nitro benzene ring substituents is 1. The van der Waals surface area contributed by atoms with Gasteiger partial charge in [0.05, 0.1) is 29.8 Å². The van der Waals surface area contributed by atoms with E-state index in [1.54, 1.807) is 42.5 Å². The first-order valence-electron chi connectivity index (χ1n) is 12.2. The largest absolute Gasteiger partial charge is 0.494 e. The molecule has 0 atom stereocenters. The first-order chi connectivity index (χ1) is 19.8. The van der Waals surface area contributed by atoms with Crippen LogP contribution in [0.4, 0.5) is 11.4 Å². The van der Waals surface area contributed by atoms with Crippen LogP contribution in [0.2, 0.25) is 0 Å². The topological polar surface area (TPSA) is 157 Å². The number of nitro benzene ring substituents is 2. The Bertz CT molecular complexity index is 1960. The molecular weight excluding hydrogens is 532 g/mol. The molecule has 4 aromatic carbocycles. The van der Waals surface area contributed by atoms with Crippen LogP contribution < -0.4 is 9.47 Å². The molecule has 1 aliphatic carbocycles. The predicted octanol–water partition coefficient (Wildman–Crippen LogP) is 5.57. The molecule has 0 saturated heterocycles. The van der Waals surface area contributed by atoms with Crippen molar-refractivity contribution in [1.29, 1.82) is 0 Å². The van der Waals surface area contributed by atoms with Gasteiger partial charge in [-0.15, -0.1) is 0 Å². The summed E-state index contributed by atoms with van der Waals surface area (Å²) in [5.41, 5.74) is -0.0921. The normalized spacial score (nSPS) is 12.1. The molecule has 202 valence electrons. The summed E-state index contributed by atoms with van der Waals surface area (Å²) in [7, 11) is 2.67. The van der Waals surface area contributed by atoms with Crippen LogP contribution in [0.15, 0.2) is 72.8 Å². The van der Waals surface area contributed by atoms with Crippen molar-refractivity contribution in [2.75, 3.05) is 14.2 Å². The molecule has 12 nitrogen and oxygen atoms in total. The van der Waals surface area contributed by atoms with Gasteiger partial charge in [0.15, 0.2) is 11.4 Å². The molecule has 1 aromatic heterocycles. The van der Waals surface area contributed by atoms with E-state index in [1.165, 1.54) is 49.1 Å². The molecule has 41 heavy (non-hydrogen) atoms. The van der Waals surface area contributed by atoms with Gasteiger partial charge in [-0.25, -0.2) is 4.98 Å². The number of hydrogen-bond acceptors (Lipinski definition) is 9. The molecule has 0 radical (unpaired) electrons. The van der Waals surface area contributed by atoms with Crippen molar-refractivity contribution >= 4 is 33.7 Å². The van der Waals surface area contributed by atoms with Crippen LogP contribution in [0.1, 0.15) is 20.8 Å². The number of Topliss-reactive ketones (excluding diaryl/α,β-unsaturated/α-hetero) is 2. The van der Waals surface area contributed by atoms with Crippen molar-refractivity contribution in [1.82, 2.24) is 9.55 Å². The van der Waals surface area contributed by atoms with Gasteiger partial charge in [0.25, 0.3) is 11.5 Å². The fourth-order valence-electron chi connectivity index (χ4n) is 5.23. The molecule has 1 aliphatic rings. The number of carbonyl (C=O) groups is 2. The number of methoxy groups -OCH3 is 2. The summed E-state index contributed by atoms with van der Waals surface area (Å²) in [6.45, 7) is 0. The van der Waals surface area contributed by atoms with Crippen LogP contribution in [0.25, 0.3) is 39.1 Å². The van der Waals surface area contributed by atoms with E-state index in [2.05, 4.69) is 4.98 Å². The number of nitrogens with zero attached hydrogens (tertiary/aromatic N) is 4. The minimum absolute atomic E-state index is 0.0292. The van der Waals surface area contributed by atoms with Gasteiger partial charge in [0, 0.05) is 39.6 Å². The van der Waals surface area contributed by atoms with E-state index < -0.39 is 27.1 Å². The molecule has 0 aliphatic heterocycles. The first-order valence-corrected chi connectivity index (χ1v) is 12.2. The summed E-state index contributed by atoms with van der Waals surface area (Å²) in [5, 5.41) is 25.0. The van der Waals surface area contributed by atoms with Gasteiger partial charge in [-0.05, 0) is 12.1 Å². The third-order valence-corrected chi connectivity index (χ3v) is 6.95. The summed E-state index contributed by atoms with van der Waals surface area (Å²) >= 11 is 0. The van der Waals surface area contributed by atoms with Gasteiger partial charge < -0.3 is 9.47 Å². The highest BCUT2D eigenvalue weighted by Gasteiger charge is 2.40. The number of hydrogen-bond donors (Lipinski definition) is 0. The minimum Gasteiger partial charge on any atom is -0.494 e. The second-order valence-electron chi connectivity index (χ2n) is 9.04.